The fourth-order valence-corrected chi connectivity index (χ4v) is 2.09. The molecule has 1 aromatic carbocycles. The summed E-state index contributed by atoms with van der Waals surface area (Å²) in [5, 5.41) is 15.6. The van der Waals surface area contributed by atoms with Gasteiger partial charge in [-0.05, 0) is 31.2 Å². The van der Waals surface area contributed by atoms with Gasteiger partial charge in [0.2, 0.25) is 0 Å². The number of carbonyl (C=O) groups is 2. The van der Waals surface area contributed by atoms with E-state index in [0.717, 1.165) is 5.69 Å². The van der Waals surface area contributed by atoms with Crippen LogP contribution in [0.2, 0.25) is 5.02 Å². The Morgan fingerprint density at radius 3 is 2.68 bits per heavy atom. The molecule has 0 bridgehead atoms. The highest BCUT2D eigenvalue weighted by Crippen LogP contribution is 2.27. The highest BCUT2D eigenvalue weighted by molar-refractivity contribution is 6.32. The number of carboxylic acids is 1. The number of anilines is 1. The number of amides is 1. The van der Waals surface area contributed by atoms with Crippen LogP contribution in [0.1, 0.15) is 16.2 Å². The molecule has 1 heterocycles. The first-order valence-corrected chi connectivity index (χ1v) is 6.70. The number of carboxylic acid groups (broad SMARTS) is 1. The zero-order chi connectivity index (χ0) is 16.3. The molecule has 7 nitrogen and oxygen atoms in total. The Balaban J connectivity index is 2.10. The topological polar surface area (TPSA) is 93.5 Å². The van der Waals surface area contributed by atoms with E-state index in [1.54, 1.807) is 26.1 Å². The molecule has 1 amide bonds. The van der Waals surface area contributed by atoms with Gasteiger partial charge in [0, 0.05) is 12.7 Å². The molecule has 1 aromatic heterocycles. The SMILES string of the molecule is Cc1cc(C(=O)Nc2ccc(OCC(=O)O)c(Cl)c2)n(C)n1. The maximum atomic E-state index is 12.1. The molecule has 0 radical (unpaired) electrons. The molecule has 0 saturated heterocycles. The molecule has 2 N–H and O–H groups in total. The number of halogens is 1. The number of rotatable bonds is 5. The van der Waals surface area contributed by atoms with Crippen molar-refractivity contribution in [3.8, 4) is 5.75 Å². The normalized spacial score (nSPS) is 10.3. The maximum Gasteiger partial charge on any atom is 0.341 e. The van der Waals surface area contributed by atoms with Crippen molar-refractivity contribution in [2.24, 2.45) is 7.05 Å². The maximum absolute atomic E-state index is 12.1. The number of hydrogen-bond donors (Lipinski definition) is 2. The molecule has 0 saturated carbocycles. The molecule has 2 rings (SSSR count). The van der Waals surface area contributed by atoms with E-state index in [-0.39, 0.29) is 16.7 Å². The zero-order valence-electron chi connectivity index (χ0n) is 12.0. The van der Waals surface area contributed by atoms with Gasteiger partial charge in [0.1, 0.15) is 11.4 Å². The van der Waals surface area contributed by atoms with Gasteiger partial charge < -0.3 is 15.2 Å². The van der Waals surface area contributed by atoms with Crippen molar-refractivity contribution in [2.75, 3.05) is 11.9 Å². The van der Waals surface area contributed by atoms with Gasteiger partial charge in [0.05, 0.1) is 10.7 Å². The molecular formula is C14H14ClN3O4. The predicted molar refractivity (Wildman–Crippen MR) is 80.5 cm³/mol. The number of aromatic nitrogens is 2. The summed E-state index contributed by atoms with van der Waals surface area (Å²) in [4.78, 5) is 22.6. The number of nitrogens with one attached hydrogen (secondary N) is 1. The lowest BCUT2D eigenvalue weighted by Gasteiger charge is -2.09. The van der Waals surface area contributed by atoms with Gasteiger partial charge in [-0.3, -0.25) is 9.48 Å². The lowest BCUT2D eigenvalue weighted by atomic mass is 10.2. The second-order valence-electron chi connectivity index (χ2n) is 4.58. The van der Waals surface area contributed by atoms with Crippen LogP contribution in [0.15, 0.2) is 24.3 Å². The lowest BCUT2D eigenvalue weighted by Crippen LogP contribution is -2.16. The molecule has 116 valence electrons. The summed E-state index contributed by atoms with van der Waals surface area (Å²) in [6.07, 6.45) is 0. The summed E-state index contributed by atoms with van der Waals surface area (Å²) in [7, 11) is 1.68. The van der Waals surface area contributed by atoms with E-state index >= 15 is 0 Å². The Hall–Kier alpha value is -2.54. The largest absolute Gasteiger partial charge is 0.480 e. The number of aliphatic carboxylic acids is 1. The van der Waals surface area contributed by atoms with Crippen LogP contribution in [-0.4, -0.2) is 33.4 Å². The quantitative estimate of drug-likeness (QED) is 0.878. The summed E-state index contributed by atoms with van der Waals surface area (Å²) >= 11 is 5.99. The van der Waals surface area contributed by atoms with Crippen LogP contribution >= 0.6 is 11.6 Å². The molecule has 8 heteroatoms. The van der Waals surface area contributed by atoms with Gasteiger partial charge in [0.25, 0.3) is 5.91 Å². The van der Waals surface area contributed by atoms with E-state index in [9.17, 15) is 9.59 Å². The Morgan fingerprint density at radius 2 is 2.14 bits per heavy atom. The molecule has 2 aromatic rings. The highest BCUT2D eigenvalue weighted by atomic mass is 35.5. The molecule has 0 unspecified atom stereocenters. The first-order chi connectivity index (χ1) is 10.4. The Bertz CT molecular complexity index is 727. The first-order valence-electron chi connectivity index (χ1n) is 6.33. The third-order valence-electron chi connectivity index (χ3n) is 2.78. The van der Waals surface area contributed by atoms with Crippen LogP contribution in [0.25, 0.3) is 0 Å². The molecule has 0 aliphatic rings. The fraction of sp³-hybridized carbons (Fsp3) is 0.214. The van der Waals surface area contributed by atoms with E-state index in [2.05, 4.69) is 10.4 Å². The molecule has 0 aliphatic heterocycles. The predicted octanol–water partition coefficient (Wildman–Crippen LogP) is 2.10. The van der Waals surface area contributed by atoms with Crippen LogP contribution in [0.3, 0.4) is 0 Å². The van der Waals surface area contributed by atoms with E-state index in [0.29, 0.717) is 11.4 Å². The first kappa shape index (κ1) is 15.8. The Morgan fingerprint density at radius 1 is 1.41 bits per heavy atom. The third kappa shape index (κ3) is 3.76. The number of carbonyl (C=O) groups excluding carboxylic acids is 1. The lowest BCUT2D eigenvalue weighted by molar-refractivity contribution is -0.139. The average molecular weight is 324 g/mol. The molecule has 0 fully saturated rings. The van der Waals surface area contributed by atoms with Gasteiger partial charge in [-0.1, -0.05) is 11.6 Å². The van der Waals surface area contributed by atoms with Crippen molar-refractivity contribution in [1.82, 2.24) is 9.78 Å². The molecule has 22 heavy (non-hydrogen) atoms. The van der Waals surface area contributed by atoms with Crippen LogP contribution in [0.4, 0.5) is 5.69 Å². The van der Waals surface area contributed by atoms with Crippen molar-refractivity contribution >= 4 is 29.2 Å². The summed E-state index contributed by atoms with van der Waals surface area (Å²) < 4.78 is 6.49. The Labute approximate surface area is 131 Å². The van der Waals surface area contributed by atoms with E-state index in [1.165, 1.54) is 16.8 Å². The van der Waals surface area contributed by atoms with Crippen LogP contribution in [0, 0.1) is 6.92 Å². The summed E-state index contributed by atoms with van der Waals surface area (Å²) in [5.74, 6) is -1.18. The highest BCUT2D eigenvalue weighted by Gasteiger charge is 2.13. The minimum atomic E-state index is -1.10. The Kier molecular flexibility index (Phi) is 4.67. The van der Waals surface area contributed by atoms with Crippen molar-refractivity contribution in [3.63, 3.8) is 0 Å². The third-order valence-corrected chi connectivity index (χ3v) is 3.07. The molecular weight excluding hydrogens is 310 g/mol. The minimum absolute atomic E-state index is 0.209. The van der Waals surface area contributed by atoms with Gasteiger partial charge in [-0.15, -0.1) is 0 Å². The van der Waals surface area contributed by atoms with Crippen molar-refractivity contribution in [1.29, 1.82) is 0 Å². The van der Waals surface area contributed by atoms with Crippen LogP contribution in [0.5, 0.6) is 5.75 Å². The van der Waals surface area contributed by atoms with E-state index in [4.69, 9.17) is 21.4 Å². The van der Waals surface area contributed by atoms with Crippen LogP contribution < -0.4 is 10.1 Å². The number of aryl methyl sites for hydroxylation is 2. The summed E-state index contributed by atoms with van der Waals surface area (Å²) in [5.41, 5.74) is 1.62. The van der Waals surface area contributed by atoms with Gasteiger partial charge in [0.15, 0.2) is 6.61 Å². The number of benzene rings is 1. The monoisotopic (exact) mass is 323 g/mol. The van der Waals surface area contributed by atoms with Crippen molar-refractivity contribution < 1.29 is 19.4 Å². The molecule has 0 atom stereocenters. The number of nitrogens with zero attached hydrogens (tertiary/aromatic N) is 2. The van der Waals surface area contributed by atoms with Crippen molar-refractivity contribution in [2.45, 2.75) is 6.92 Å². The second kappa shape index (κ2) is 6.48. The molecule has 0 aliphatic carbocycles. The van der Waals surface area contributed by atoms with E-state index in [1.807, 2.05) is 0 Å². The summed E-state index contributed by atoms with van der Waals surface area (Å²) in [6, 6.07) is 6.22. The molecule has 0 spiro atoms. The average Bonchev–Trinajstić information content (AvgIpc) is 2.76. The smallest absolute Gasteiger partial charge is 0.341 e. The standard InChI is InChI=1S/C14H14ClN3O4/c1-8-5-11(18(2)17-8)14(21)16-9-3-4-12(10(15)6-9)22-7-13(19)20/h3-6H,7H2,1-2H3,(H,16,21)(H,19,20). The second-order valence-corrected chi connectivity index (χ2v) is 4.98. The zero-order valence-corrected chi connectivity index (χ0v) is 12.7. The van der Waals surface area contributed by atoms with Gasteiger partial charge in [-0.2, -0.15) is 5.10 Å². The number of hydrogen-bond acceptors (Lipinski definition) is 4. The number of ether oxygens (including phenoxy) is 1. The minimum Gasteiger partial charge on any atom is -0.480 e. The fourth-order valence-electron chi connectivity index (χ4n) is 1.85. The van der Waals surface area contributed by atoms with Crippen LogP contribution in [-0.2, 0) is 11.8 Å². The summed E-state index contributed by atoms with van der Waals surface area (Å²) in [6.45, 7) is 1.31. The van der Waals surface area contributed by atoms with Crippen molar-refractivity contribution in [3.05, 3.63) is 40.7 Å². The van der Waals surface area contributed by atoms with Gasteiger partial charge >= 0.3 is 5.97 Å². The van der Waals surface area contributed by atoms with Gasteiger partial charge in [-0.25, -0.2) is 4.79 Å². The van der Waals surface area contributed by atoms with E-state index < -0.39 is 12.6 Å².